The minimum atomic E-state index is -0.602. The lowest BCUT2D eigenvalue weighted by Gasteiger charge is -2.24. The molecule has 1 aromatic carbocycles. The molecule has 1 aliphatic rings. The fourth-order valence-electron chi connectivity index (χ4n) is 2.91. The van der Waals surface area contributed by atoms with Crippen molar-refractivity contribution in [1.82, 2.24) is 9.13 Å². The van der Waals surface area contributed by atoms with Crippen molar-refractivity contribution < 1.29 is 9.47 Å². The zero-order valence-electron chi connectivity index (χ0n) is 14.3. The molecule has 8 heteroatoms. The lowest BCUT2D eigenvalue weighted by atomic mass is 10.1. The van der Waals surface area contributed by atoms with Gasteiger partial charge in [0, 0.05) is 27.7 Å². The van der Waals surface area contributed by atoms with E-state index in [0.717, 1.165) is 10.1 Å². The van der Waals surface area contributed by atoms with Crippen LogP contribution in [0.2, 0.25) is 0 Å². The molecule has 8 nitrogen and oxygen atoms in total. The Hall–Kier alpha value is -3.21. The van der Waals surface area contributed by atoms with Crippen LogP contribution >= 0.6 is 0 Å². The number of rotatable bonds is 3. The first-order valence-electron chi connectivity index (χ1n) is 7.73. The second kappa shape index (κ2) is 6.36. The Morgan fingerprint density at radius 1 is 1.16 bits per heavy atom. The summed E-state index contributed by atoms with van der Waals surface area (Å²) in [5.74, 6) is 1.64. The van der Waals surface area contributed by atoms with Crippen LogP contribution in [0.1, 0.15) is 11.1 Å². The molecule has 0 bridgehead atoms. The molecule has 0 unspecified atom stereocenters. The highest BCUT2D eigenvalue weighted by Gasteiger charge is 2.19. The van der Waals surface area contributed by atoms with Crippen molar-refractivity contribution in [3.05, 3.63) is 50.2 Å². The normalized spacial score (nSPS) is 12.6. The van der Waals surface area contributed by atoms with E-state index in [1.807, 2.05) is 24.3 Å². The average Bonchev–Trinajstić information content (AvgIpc) is 2.62. The standard InChI is InChI=1S/C17H18N4O4/c1-19(10-11-4-5-13-14(8-11)25-7-6-24-13)15-12(9-18)16(22)21(3)17(23)20(15)2/h4-5,8H,6-7,10H2,1-3H3. The summed E-state index contributed by atoms with van der Waals surface area (Å²) >= 11 is 0. The zero-order chi connectivity index (χ0) is 18.1. The number of anilines is 1. The molecular formula is C17H18N4O4. The summed E-state index contributed by atoms with van der Waals surface area (Å²) in [6.07, 6.45) is 0. The van der Waals surface area contributed by atoms with Gasteiger partial charge in [-0.1, -0.05) is 6.07 Å². The maximum Gasteiger partial charge on any atom is 0.332 e. The lowest BCUT2D eigenvalue weighted by Crippen LogP contribution is -2.41. The Labute approximate surface area is 144 Å². The van der Waals surface area contributed by atoms with Crippen molar-refractivity contribution in [3.8, 4) is 17.6 Å². The Balaban J connectivity index is 2.00. The SMILES string of the molecule is CN(Cc1ccc2c(c1)OCCO2)c1c(C#N)c(=O)n(C)c(=O)n1C. The van der Waals surface area contributed by atoms with Gasteiger partial charge in [-0.05, 0) is 17.7 Å². The summed E-state index contributed by atoms with van der Waals surface area (Å²) < 4.78 is 13.3. The van der Waals surface area contributed by atoms with Crippen LogP contribution in [-0.4, -0.2) is 29.4 Å². The molecule has 0 saturated heterocycles. The molecule has 0 atom stereocenters. The first-order valence-corrected chi connectivity index (χ1v) is 7.73. The van der Waals surface area contributed by atoms with Crippen molar-refractivity contribution in [2.45, 2.75) is 6.54 Å². The van der Waals surface area contributed by atoms with Crippen LogP contribution in [0.3, 0.4) is 0 Å². The molecule has 1 aromatic heterocycles. The van der Waals surface area contributed by atoms with Crippen LogP contribution in [-0.2, 0) is 20.6 Å². The Bertz CT molecular complexity index is 984. The smallest absolute Gasteiger partial charge is 0.332 e. The molecule has 1 aliphatic heterocycles. The molecule has 0 N–H and O–H groups in total. The Kier molecular flexibility index (Phi) is 4.23. The zero-order valence-corrected chi connectivity index (χ0v) is 14.3. The summed E-state index contributed by atoms with van der Waals surface area (Å²) in [5.41, 5.74) is -0.240. The molecule has 25 heavy (non-hydrogen) atoms. The van der Waals surface area contributed by atoms with E-state index in [2.05, 4.69) is 0 Å². The van der Waals surface area contributed by atoms with Gasteiger partial charge in [-0.15, -0.1) is 0 Å². The fraction of sp³-hybridized carbons (Fsp3) is 0.353. The van der Waals surface area contributed by atoms with Gasteiger partial charge in [0.05, 0.1) is 0 Å². The van der Waals surface area contributed by atoms with Gasteiger partial charge in [-0.3, -0.25) is 13.9 Å². The predicted molar refractivity (Wildman–Crippen MR) is 91.2 cm³/mol. The number of nitriles is 1. The molecule has 3 rings (SSSR count). The molecule has 0 aliphatic carbocycles. The summed E-state index contributed by atoms with van der Waals surface area (Å²) in [4.78, 5) is 26.1. The van der Waals surface area contributed by atoms with E-state index in [0.29, 0.717) is 31.3 Å². The number of benzene rings is 1. The third-order valence-corrected chi connectivity index (χ3v) is 4.13. The fourth-order valence-corrected chi connectivity index (χ4v) is 2.91. The van der Waals surface area contributed by atoms with E-state index < -0.39 is 11.2 Å². The van der Waals surface area contributed by atoms with E-state index in [-0.39, 0.29) is 11.4 Å². The van der Waals surface area contributed by atoms with Gasteiger partial charge in [0.1, 0.15) is 25.1 Å². The van der Waals surface area contributed by atoms with Crippen molar-refractivity contribution in [1.29, 1.82) is 5.26 Å². The summed E-state index contributed by atoms with van der Waals surface area (Å²) in [6, 6.07) is 7.48. The van der Waals surface area contributed by atoms with Crippen LogP contribution in [0.25, 0.3) is 0 Å². The van der Waals surface area contributed by atoms with Crippen molar-refractivity contribution in [3.63, 3.8) is 0 Å². The summed E-state index contributed by atoms with van der Waals surface area (Å²) in [7, 11) is 4.63. The minimum Gasteiger partial charge on any atom is -0.486 e. The molecule has 130 valence electrons. The van der Waals surface area contributed by atoms with Crippen LogP contribution in [0, 0.1) is 11.3 Å². The number of aromatic nitrogens is 2. The molecule has 0 fully saturated rings. The number of ether oxygens (including phenoxy) is 2. The van der Waals surface area contributed by atoms with Gasteiger partial charge >= 0.3 is 5.69 Å². The molecule has 0 spiro atoms. The molecule has 0 radical (unpaired) electrons. The Morgan fingerprint density at radius 3 is 2.52 bits per heavy atom. The van der Waals surface area contributed by atoms with Crippen LogP contribution in [0.5, 0.6) is 11.5 Å². The van der Waals surface area contributed by atoms with Gasteiger partial charge in [-0.25, -0.2) is 4.79 Å². The van der Waals surface area contributed by atoms with E-state index in [9.17, 15) is 14.9 Å². The topological polar surface area (TPSA) is 89.5 Å². The third-order valence-electron chi connectivity index (χ3n) is 4.13. The second-order valence-electron chi connectivity index (χ2n) is 5.85. The first-order chi connectivity index (χ1) is 11.9. The van der Waals surface area contributed by atoms with E-state index in [4.69, 9.17) is 9.47 Å². The molecule has 0 amide bonds. The van der Waals surface area contributed by atoms with Gasteiger partial charge < -0.3 is 14.4 Å². The molecule has 0 saturated carbocycles. The number of hydrogen-bond donors (Lipinski definition) is 0. The lowest BCUT2D eigenvalue weighted by molar-refractivity contribution is 0.171. The third kappa shape index (κ3) is 2.85. The van der Waals surface area contributed by atoms with Gasteiger partial charge in [-0.2, -0.15) is 5.26 Å². The molecule has 2 heterocycles. The highest BCUT2D eigenvalue weighted by molar-refractivity contribution is 5.54. The Morgan fingerprint density at radius 2 is 1.84 bits per heavy atom. The highest BCUT2D eigenvalue weighted by Crippen LogP contribution is 2.31. The molecular weight excluding hydrogens is 324 g/mol. The maximum atomic E-state index is 12.2. The number of hydrogen-bond acceptors (Lipinski definition) is 6. The van der Waals surface area contributed by atoms with Crippen molar-refractivity contribution in [2.75, 3.05) is 25.2 Å². The van der Waals surface area contributed by atoms with E-state index >= 15 is 0 Å². The summed E-state index contributed by atoms with van der Waals surface area (Å²) in [6.45, 7) is 1.41. The van der Waals surface area contributed by atoms with E-state index in [1.165, 1.54) is 18.7 Å². The number of nitrogens with zero attached hydrogens (tertiary/aromatic N) is 4. The predicted octanol–water partition coefficient (Wildman–Crippen LogP) is 0.363. The van der Waals surface area contributed by atoms with Crippen LogP contribution < -0.4 is 25.6 Å². The summed E-state index contributed by atoms with van der Waals surface area (Å²) in [5, 5.41) is 9.37. The van der Waals surface area contributed by atoms with Gasteiger partial charge in [0.15, 0.2) is 17.1 Å². The number of fused-ring (bicyclic) bond motifs is 1. The largest absolute Gasteiger partial charge is 0.486 e. The first kappa shape index (κ1) is 16.6. The van der Waals surface area contributed by atoms with Gasteiger partial charge in [0.2, 0.25) is 0 Å². The minimum absolute atomic E-state index is 0.0651. The maximum absolute atomic E-state index is 12.2. The quantitative estimate of drug-likeness (QED) is 0.800. The van der Waals surface area contributed by atoms with Crippen LogP contribution in [0.4, 0.5) is 5.82 Å². The average molecular weight is 342 g/mol. The van der Waals surface area contributed by atoms with Crippen molar-refractivity contribution >= 4 is 5.82 Å². The monoisotopic (exact) mass is 342 g/mol. The molecule has 2 aromatic rings. The van der Waals surface area contributed by atoms with E-state index in [1.54, 1.807) is 11.9 Å². The highest BCUT2D eigenvalue weighted by atomic mass is 16.6. The van der Waals surface area contributed by atoms with Gasteiger partial charge in [0.25, 0.3) is 5.56 Å². The van der Waals surface area contributed by atoms with Crippen LogP contribution in [0.15, 0.2) is 27.8 Å². The van der Waals surface area contributed by atoms with Crippen molar-refractivity contribution in [2.24, 2.45) is 14.1 Å². The second-order valence-corrected chi connectivity index (χ2v) is 5.85.